The standard InChI is InChI=1S/C23H19N3O2/c1-2-9-25-12-13(14-5-3-4-6-19(14)25)11-24-26-22(27)20-15-7-8-16(18-10-17(15)18)21(20)23(26)28/h1,3-8,11-12,15-18,20-21H,9-10H2/b24-11-/t15-,16-,17-,18-,20-,21+/m0/s1. The molecule has 0 N–H and O–H groups in total. The van der Waals surface area contributed by atoms with E-state index in [1.165, 1.54) is 0 Å². The molecule has 2 heterocycles. The molecule has 6 atom stereocenters. The molecule has 1 aliphatic heterocycles. The zero-order valence-electron chi connectivity index (χ0n) is 15.2. The zero-order valence-corrected chi connectivity index (χ0v) is 15.2. The summed E-state index contributed by atoms with van der Waals surface area (Å²) >= 11 is 0. The second kappa shape index (κ2) is 5.45. The van der Waals surface area contributed by atoms with Gasteiger partial charge in [-0.2, -0.15) is 10.1 Å². The van der Waals surface area contributed by atoms with Gasteiger partial charge in [-0.3, -0.25) is 9.59 Å². The Kier molecular flexibility index (Phi) is 3.09. The van der Waals surface area contributed by atoms with Crippen molar-refractivity contribution >= 4 is 28.9 Å². The van der Waals surface area contributed by atoms with Gasteiger partial charge in [-0.05, 0) is 36.2 Å². The molecule has 5 heteroatoms. The molecule has 4 aliphatic carbocycles. The predicted molar refractivity (Wildman–Crippen MR) is 105 cm³/mol. The highest BCUT2D eigenvalue weighted by molar-refractivity contribution is 6.07. The Morgan fingerprint density at radius 1 is 1.11 bits per heavy atom. The molecule has 7 rings (SSSR count). The Morgan fingerprint density at radius 3 is 2.46 bits per heavy atom. The van der Waals surface area contributed by atoms with Gasteiger partial charge < -0.3 is 4.57 Å². The van der Waals surface area contributed by atoms with E-state index in [1.807, 2.05) is 35.0 Å². The van der Waals surface area contributed by atoms with Crippen LogP contribution in [-0.4, -0.2) is 27.6 Å². The average Bonchev–Trinajstić information content (AvgIpc) is 3.42. The lowest BCUT2D eigenvalue weighted by Gasteiger charge is -2.37. The molecule has 2 amide bonds. The Labute approximate surface area is 162 Å². The number of para-hydroxylation sites is 1. The highest BCUT2D eigenvalue weighted by Crippen LogP contribution is 2.65. The summed E-state index contributed by atoms with van der Waals surface area (Å²) < 4.78 is 1.97. The Hall–Kier alpha value is -3.13. The minimum Gasteiger partial charge on any atom is -0.335 e. The monoisotopic (exact) mass is 369 g/mol. The molecule has 138 valence electrons. The first kappa shape index (κ1) is 15.9. The third kappa shape index (κ3) is 1.95. The normalized spacial score (nSPS) is 34.9. The van der Waals surface area contributed by atoms with Gasteiger partial charge >= 0.3 is 0 Å². The molecule has 0 radical (unpaired) electrons. The maximum absolute atomic E-state index is 13.0. The molecule has 1 saturated heterocycles. The molecule has 2 aromatic rings. The summed E-state index contributed by atoms with van der Waals surface area (Å²) in [5.41, 5.74) is 1.86. The maximum atomic E-state index is 13.0. The number of amides is 2. The topological polar surface area (TPSA) is 54.7 Å². The summed E-state index contributed by atoms with van der Waals surface area (Å²) in [7, 11) is 0. The largest absolute Gasteiger partial charge is 0.335 e. The fourth-order valence-corrected chi connectivity index (χ4v) is 5.78. The molecule has 1 aromatic heterocycles. The van der Waals surface area contributed by atoms with Crippen LogP contribution in [0.25, 0.3) is 10.9 Å². The Morgan fingerprint density at radius 2 is 1.79 bits per heavy atom. The number of carbonyl (C=O) groups is 2. The van der Waals surface area contributed by atoms with Crippen LogP contribution in [0.5, 0.6) is 0 Å². The van der Waals surface area contributed by atoms with Gasteiger partial charge in [-0.1, -0.05) is 36.3 Å². The number of hydrogen-bond acceptors (Lipinski definition) is 3. The van der Waals surface area contributed by atoms with Crippen LogP contribution < -0.4 is 0 Å². The van der Waals surface area contributed by atoms with E-state index in [-0.39, 0.29) is 35.5 Å². The lowest BCUT2D eigenvalue weighted by atomic mass is 9.63. The number of nitrogens with zero attached hydrogens (tertiary/aromatic N) is 3. The summed E-state index contributed by atoms with van der Waals surface area (Å²) in [5, 5.41) is 6.48. The molecule has 0 spiro atoms. The van der Waals surface area contributed by atoms with Gasteiger partial charge in [0.15, 0.2) is 0 Å². The van der Waals surface area contributed by atoms with Gasteiger partial charge in [0.05, 0.1) is 24.6 Å². The first-order valence-corrected chi connectivity index (χ1v) is 9.80. The molecule has 2 saturated carbocycles. The van der Waals surface area contributed by atoms with Crippen molar-refractivity contribution in [3.8, 4) is 12.3 Å². The molecule has 3 fully saturated rings. The van der Waals surface area contributed by atoms with Crippen LogP contribution in [0.1, 0.15) is 12.0 Å². The van der Waals surface area contributed by atoms with Crippen LogP contribution >= 0.6 is 0 Å². The Bertz CT molecular complexity index is 1100. The van der Waals surface area contributed by atoms with Crippen LogP contribution in [0.3, 0.4) is 0 Å². The van der Waals surface area contributed by atoms with Crippen molar-refractivity contribution in [2.24, 2.45) is 40.6 Å². The second-order valence-corrected chi connectivity index (χ2v) is 8.32. The fourth-order valence-electron chi connectivity index (χ4n) is 5.78. The van der Waals surface area contributed by atoms with E-state index in [2.05, 4.69) is 23.2 Å². The molecule has 5 aliphatic rings. The van der Waals surface area contributed by atoms with Crippen molar-refractivity contribution < 1.29 is 9.59 Å². The number of hydrogen-bond donors (Lipinski definition) is 0. The summed E-state index contributed by atoms with van der Waals surface area (Å²) in [4.78, 5) is 26.0. The number of carbonyl (C=O) groups excluding carboxylic acids is 2. The summed E-state index contributed by atoms with van der Waals surface area (Å²) in [6, 6.07) is 7.91. The summed E-state index contributed by atoms with van der Waals surface area (Å²) in [6.45, 7) is 0.456. The van der Waals surface area contributed by atoms with Crippen molar-refractivity contribution in [2.45, 2.75) is 13.0 Å². The fraction of sp³-hybridized carbons (Fsp3) is 0.348. The maximum Gasteiger partial charge on any atom is 0.254 e. The minimum atomic E-state index is -0.216. The van der Waals surface area contributed by atoms with E-state index in [9.17, 15) is 9.59 Å². The van der Waals surface area contributed by atoms with Gasteiger partial charge in [0, 0.05) is 22.7 Å². The summed E-state index contributed by atoms with van der Waals surface area (Å²) in [6.07, 6.45) is 14.5. The van der Waals surface area contributed by atoms with Crippen molar-refractivity contribution in [2.75, 3.05) is 0 Å². The van der Waals surface area contributed by atoms with Crippen molar-refractivity contribution in [1.29, 1.82) is 0 Å². The van der Waals surface area contributed by atoms with Crippen LogP contribution in [0.2, 0.25) is 0 Å². The van der Waals surface area contributed by atoms with Gasteiger partial charge in [-0.15, -0.1) is 6.42 Å². The third-order valence-electron chi connectivity index (χ3n) is 7.03. The molecule has 0 unspecified atom stereocenters. The SMILES string of the molecule is C#CCn1cc(/C=N\N2C(=O)[C@@H]3[C@H]4C=C[C@@H]([C@@H]5C[C@@H]45)[C@@H]3C2=O)c2ccccc21. The molecule has 5 nitrogen and oxygen atoms in total. The molecular weight excluding hydrogens is 350 g/mol. The van der Waals surface area contributed by atoms with Crippen LogP contribution in [0.15, 0.2) is 47.7 Å². The zero-order chi connectivity index (χ0) is 19.0. The molecular formula is C23H19N3O2. The van der Waals surface area contributed by atoms with E-state index in [0.29, 0.717) is 18.4 Å². The average molecular weight is 369 g/mol. The highest BCUT2D eigenvalue weighted by atomic mass is 16.2. The van der Waals surface area contributed by atoms with Crippen LogP contribution in [-0.2, 0) is 16.1 Å². The molecule has 2 bridgehead atoms. The third-order valence-corrected chi connectivity index (χ3v) is 7.03. The number of aromatic nitrogens is 1. The van der Waals surface area contributed by atoms with E-state index < -0.39 is 0 Å². The smallest absolute Gasteiger partial charge is 0.254 e. The number of terminal acetylenes is 1. The predicted octanol–water partition coefficient (Wildman–Crippen LogP) is 2.66. The van der Waals surface area contributed by atoms with Crippen molar-refractivity contribution in [3.05, 3.63) is 48.2 Å². The highest BCUT2D eigenvalue weighted by Gasteiger charge is 2.67. The van der Waals surface area contributed by atoms with E-state index >= 15 is 0 Å². The molecule has 28 heavy (non-hydrogen) atoms. The lowest BCUT2D eigenvalue weighted by Crippen LogP contribution is -2.40. The van der Waals surface area contributed by atoms with Gasteiger partial charge in [0.25, 0.3) is 11.8 Å². The number of allylic oxidation sites excluding steroid dienone is 2. The number of rotatable bonds is 3. The number of imide groups is 1. The lowest BCUT2D eigenvalue weighted by molar-refractivity contribution is -0.140. The minimum absolute atomic E-state index is 0.136. The van der Waals surface area contributed by atoms with Crippen LogP contribution in [0.4, 0.5) is 0 Å². The quantitative estimate of drug-likeness (QED) is 0.361. The van der Waals surface area contributed by atoms with E-state index in [0.717, 1.165) is 27.9 Å². The Balaban J connectivity index is 1.35. The van der Waals surface area contributed by atoms with Gasteiger partial charge in [-0.25, -0.2) is 0 Å². The number of fused-ring (bicyclic) bond motifs is 1. The number of benzene rings is 1. The van der Waals surface area contributed by atoms with Crippen molar-refractivity contribution in [3.63, 3.8) is 0 Å². The van der Waals surface area contributed by atoms with E-state index in [4.69, 9.17) is 6.42 Å². The molecule has 1 aromatic carbocycles. The van der Waals surface area contributed by atoms with Crippen molar-refractivity contribution in [1.82, 2.24) is 9.58 Å². The van der Waals surface area contributed by atoms with Gasteiger partial charge in [0.2, 0.25) is 0 Å². The second-order valence-electron chi connectivity index (χ2n) is 8.32. The van der Waals surface area contributed by atoms with E-state index in [1.54, 1.807) is 6.21 Å². The summed E-state index contributed by atoms with van der Waals surface area (Å²) in [5.74, 6) is 3.57. The first-order chi connectivity index (χ1) is 13.7. The van der Waals surface area contributed by atoms with Gasteiger partial charge in [0.1, 0.15) is 0 Å². The van der Waals surface area contributed by atoms with Crippen LogP contribution in [0, 0.1) is 47.9 Å². The number of hydrazone groups is 1. The first-order valence-electron chi connectivity index (χ1n) is 9.80.